The number of rotatable bonds is 3. The molecule has 1 amide bonds. The van der Waals surface area contributed by atoms with Gasteiger partial charge in [-0.1, -0.05) is 5.16 Å². The van der Waals surface area contributed by atoms with Crippen LogP contribution in [0.4, 0.5) is 0 Å². The van der Waals surface area contributed by atoms with Crippen molar-refractivity contribution < 1.29 is 18.8 Å². The number of carbonyl (C=O) groups is 2. The number of amides is 1. The van der Waals surface area contributed by atoms with E-state index in [1.54, 1.807) is 0 Å². The molecule has 1 aromatic heterocycles. The van der Waals surface area contributed by atoms with Gasteiger partial charge in [0.25, 0.3) is 5.91 Å². The first-order chi connectivity index (χ1) is 9.37. The van der Waals surface area contributed by atoms with Gasteiger partial charge in [0, 0.05) is 12.3 Å². The van der Waals surface area contributed by atoms with Crippen molar-refractivity contribution in [2.45, 2.75) is 50.7 Å². The number of cyclic esters (lactones) is 1. The number of hydrogen-bond acceptors (Lipinski definition) is 5. The number of nitrogens with one attached hydrogen (secondary N) is 1. The molecule has 1 saturated carbocycles. The van der Waals surface area contributed by atoms with Crippen LogP contribution in [0.3, 0.4) is 0 Å². The number of esters is 1. The van der Waals surface area contributed by atoms with Crippen molar-refractivity contribution in [1.29, 1.82) is 0 Å². The number of nitrogens with zero attached hydrogens (tertiary/aromatic N) is 1. The first kappa shape index (κ1) is 13.6. The zero-order valence-corrected chi connectivity index (χ0v) is 12.8. The maximum atomic E-state index is 12.3. The van der Waals surface area contributed by atoms with Gasteiger partial charge in [-0.15, -0.1) is 0 Å². The van der Waals surface area contributed by atoms with Gasteiger partial charge in [0.1, 0.15) is 17.2 Å². The van der Waals surface area contributed by atoms with Crippen LogP contribution in [-0.2, 0) is 9.53 Å². The molecule has 0 spiro atoms. The molecule has 20 heavy (non-hydrogen) atoms. The van der Waals surface area contributed by atoms with Crippen LogP contribution in [-0.4, -0.2) is 28.7 Å². The van der Waals surface area contributed by atoms with Crippen molar-refractivity contribution in [2.24, 2.45) is 0 Å². The van der Waals surface area contributed by atoms with E-state index < -0.39 is 17.6 Å². The number of hydrogen-bond donors (Lipinski definition) is 1. The Labute approximate surface area is 124 Å². The smallest absolute Gasteiger partial charge is 0.329 e. The average Bonchev–Trinajstić information content (AvgIpc) is 3.05. The lowest BCUT2D eigenvalue weighted by Crippen LogP contribution is -2.38. The molecule has 0 bridgehead atoms. The summed E-state index contributed by atoms with van der Waals surface area (Å²) in [6.45, 7) is 3.64. The third kappa shape index (κ3) is 2.46. The van der Waals surface area contributed by atoms with Crippen molar-refractivity contribution in [3.63, 3.8) is 0 Å². The number of carbonyl (C=O) groups excluding carboxylic acids is 2. The van der Waals surface area contributed by atoms with Gasteiger partial charge in [0.05, 0.1) is 0 Å². The van der Waals surface area contributed by atoms with Crippen molar-refractivity contribution in [3.05, 3.63) is 15.9 Å². The van der Waals surface area contributed by atoms with Crippen molar-refractivity contribution in [3.8, 4) is 0 Å². The molecule has 1 aliphatic carbocycles. The SMILES string of the molecule is CC1(C)CC(NC(=O)c2c(Br)noc2C2CC2)C(=O)O1. The molecule has 6 nitrogen and oxygen atoms in total. The van der Waals surface area contributed by atoms with Crippen LogP contribution < -0.4 is 5.32 Å². The maximum absolute atomic E-state index is 12.3. The van der Waals surface area contributed by atoms with E-state index in [-0.39, 0.29) is 11.8 Å². The van der Waals surface area contributed by atoms with Gasteiger partial charge in [-0.2, -0.15) is 0 Å². The second-order valence-corrected chi connectivity index (χ2v) is 6.65. The first-order valence-corrected chi connectivity index (χ1v) is 7.35. The molecule has 2 heterocycles. The van der Waals surface area contributed by atoms with Gasteiger partial charge >= 0.3 is 5.97 Å². The summed E-state index contributed by atoms with van der Waals surface area (Å²) in [7, 11) is 0. The highest BCUT2D eigenvalue weighted by atomic mass is 79.9. The lowest BCUT2D eigenvalue weighted by atomic mass is 10.0. The van der Waals surface area contributed by atoms with E-state index in [1.807, 2.05) is 13.8 Å². The van der Waals surface area contributed by atoms with Gasteiger partial charge in [-0.3, -0.25) is 4.79 Å². The Balaban J connectivity index is 1.77. The van der Waals surface area contributed by atoms with E-state index in [4.69, 9.17) is 9.26 Å². The van der Waals surface area contributed by atoms with Gasteiger partial charge < -0.3 is 14.6 Å². The third-order valence-corrected chi connectivity index (χ3v) is 4.06. The summed E-state index contributed by atoms with van der Waals surface area (Å²) < 4.78 is 10.8. The highest BCUT2D eigenvalue weighted by Crippen LogP contribution is 2.43. The Bertz CT molecular complexity index is 577. The molecule has 1 N–H and O–H groups in total. The molecule has 1 aliphatic heterocycles. The highest BCUT2D eigenvalue weighted by molar-refractivity contribution is 9.10. The molecule has 0 aromatic carbocycles. The van der Waals surface area contributed by atoms with E-state index in [1.165, 1.54) is 0 Å². The molecule has 1 saturated heterocycles. The van der Waals surface area contributed by atoms with E-state index in [0.29, 0.717) is 22.3 Å². The van der Waals surface area contributed by atoms with Crippen LogP contribution >= 0.6 is 15.9 Å². The molecule has 2 aliphatic rings. The van der Waals surface area contributed by atoms with Gasteiger partial charge in [-0.05, 0) is 42.6 Å². The molecule has 0 radical (unpaired) electrons. The van der Waals surface area contributed by atoms with Crippen LogP contribution in [0.2, 0.25) is 0 Å². The fourth-order valence-electron chi connectivity index (χ4n) is 2.41. The molecule has 1 unspecified atom stereocenters. The van der Waals surface area contributed by atoms with Crippen molar-refractivity contribution in [1.82, 2.24) is 10.5 Å². The first-order valence-electron chi connectivity index (χ1n) is 6.56. The topological polar surface area (TPSA) is 81.4 Å². The van der Waals surface area contributed by atoms with E-state index >= 15 is 0 Å². The number of ether oxygens (including phenoxy) is 1. The molecule has 3 rings (SSSR count). The lowest BCUT2D eigenvalue weighted by molar-refractivity contribution is -0.147. The van der Waals surface area contributed by atoms with Gasteiger partial charge in [0.15, 0.2) is 10.4 Å². The molecule has 2 fully saturated rings. The van der Waals surface area contributed by atoms with Crippen LogP contribution in [0.25, 0.3) is 0 Å². The summed E-state index contributed by atoms with van der Waals surface area (Å²) in [5.41, 5.74) is -0.148. The van der Waals surface area contributed by atoms with Crippen LogP contribution in [0, 0.1) is 0 Å². The fourth-order valence-corrected chi connectivity index (χ4v) is 2.86. The quantitative estimate of drug-likeness (QED) is 0.851. The minimum absolute atomic E-state index is 0.265. The predicted octanol–water partition coefficient (Wildman–Crippen LogP) is 2.14. The van der Waals surface area contributed by atoms with E-state index in [2.05, 4.69) is 26.4 Å². The number of halogens is 1. The normalized spacial score (nSPS) is 24.6. The minimum atomic E-state index is -0.619. The second kappa shape index (κ2) is 4.58. The lowest BCUT2D eigenvalue weighted by Gasteiger charge is -2.14. The molecule has 1 atom stereocenters. The van der Waals surface area contributed by atoms with Crippen LogP contribution in [0.1, 0.15) is 55.1 Å². The summed E-state index contributed by atoms with van der Waals surface area (Å²) in [5.74, 6) is 0.116. The van der Waals surface area contributed by atoms with Crippen molar-refractivity contribution in [2.75, 3.05) is 0 Å². The number of aromatic nitrogens is 1. The fraction of sp³-hybridized carbons (Fsp3) is 0.615. The average molecular weight is 343 g/mol. The Hall–Kier alpha value is -1.37. The molecule has 7 heteroatoms. The molecular formula is C13H15BrN2O4. The Kier molecular flexibility index (Phi) is 3.12. The summed E-state index contributed by atoms with van der Waals surface area (Å²) in [6, 6.07) is -0.619. The predicted molar refractivity (Wildman–Crippen MR) is 72.2 cm³/mol. The molecular weight excluding hydrogens is 328 g/mol. The largest absolute Gasteiger partial charge is 0.458 e. The molecule has 1 aromatic rings. The second-order valence-electron chi connectivity index (χ2n) is 5.90. The minimum Gasteiger partial charge on any atom is -0.458 e. The van der Waals surface area contributed by atoms with Gasteiger partial charge in [0.2, 0.25) is 0 Å². The van der Waals surface area contributed by atoms with Gasteiger partial charge in [-0.25, -0.2) is 4.79 Å². The summed E-state index contributed by atoms with van der Waals surface area (Å²) in [4.78, 5) is 24.1. The zero-order chi connectivity index (χ0) is 14.5. The highest BCUT2D eigenvalue weighted by Gasteiger charge is 2.42. The van der Waals surface area contributed by atoms with E-state index in [0.717, 1.165) is 12.8 Å². The maximum Gasteiger partial charge on any atom is 0.329 e. The third-order valence-electron chi connectivity index (χ3n) is 3.51. The van der Waals surface area contributed by atoms with E-state index in [9.17, 15) is 9.59 Å². The standard InChI is InChI=1S/C13H15BrN2O4/c1-13(2)5-7(12(18)19-13)15-11(17)8-9(6-3-4-6)20-16-10(8)14/h6-7H,3-5H2,1-2H3,(H,15,17). The molecule has 108 valence electrons. The summed E-state index contributed by atoms with van der Waals surface area (Å²) in [5, 5.41) is 6.49. The Morgan fingerprint density at radius 2 is 2.15 bits per heavy atom. The Morgan fingerprint density at radius 1 is 1.45 bits per heavy atom. The van der Waals surface area contributed by atoms with Crippen molar-refractivity contribution >= 4 is 27.8 Å². The van der Waals surface area contributed by atoms with Crippen LogP contribution in [0.15, 0.2) is 9.13 Å². The monoisotopic (exact) mass is 342 g/mol. The summed E-state index contributed by atoms with van der Waals surface area (Å²) >= 11 is 3.22. The van der Waals surface area contributed by atoms with Crippen LogP contribution in [0.5, 0.6) is 0 Å². The Morgan fingerprint density at radius 3 is 2.70 bits per heavy atom. The zero-order valence-electron chi connectivity index (χ0n) is 11.2. The summed E-state index contributed by atoms with van der Waals surface area (Å²) in [6.07, 6.45) is 2.46.